The van der Waals surface area contributed by atoms with E-state index in [-0.39, 0.29) is 0 Å². The number of imidazole rings is 1. The van der Waals surface area contributed by atoms with Gasteiger partial charge < -0.3 is 11.1 Å². The number of nitrogen functional groups attached to an aromatic ring is 1. The van der Waals surface area contributed by atoms with Crippen molar-refractivity contribution >= 4 is 11.5 Å². The van der Waals surface area contributed by atoms with Crippen molar-refractivity contribution in [2.45, 2.75) is 6.54 Å². The number of hydrogen-bond donors (Lipinski definition) is 2. The zero-order chi connectivity index (χ0) is 11.7. The first kappa shape index (κ1) is 10.6. The Labute approximate surface area is 100 Å². The predicted octanol–water partition coefficient (Wildman–Crippen LogP) is 0.322. The van der Waals surface area contributed by atoms with Gasteiger partial charge in [0.05, 0.1) is 11.9 Å². The highest BCUT2D eigenvalue weighted by Crippen LogP contribution is 2.14. The molecule has 2 aromatic rings. The van der Waals surface area contributed by atoms with Gasteiger partial charge in [-0.25, -0.2) is 4.98 Å². The minimum absolute atomic E-state index is 0.755. The second kappa shape index (κ2) is 4.35. The number of nitrogens with zero attached hydrogens (tertiary/aromatic N) is 3. The van der Waals surface area contributed by atoms with Crippen molar-refractivity contribution in [3.05, 3.63) is 30.1 Å². The van der Waals surface area contributed by atoms with Gasteiger partial charge in [0.25, 0.3) is 0 Å². The number of nitrogens with one attached hydrogen (secondary N) is 1. The molecule has 17 heavy (non-hydrogen) atoms. The van der Waals surface area contributed by atoms with E-state index >= 15 is 0 Å². The van der Waals surface area contributed by atoms with Gasteiger partial charge in [0, 0.05) is 32.7 Å². The van der Waals surface area contributed by atoms with Crippen LogP contribution in [0.4, 0.5) is 5.82 Å². The summed E-state index contributed by atoms with van der Waals surface area (Å²) in [6, 6.07) is 5.83. The van der Waals surface area contributed by atoms with Crippen molar-refractivity contribution in [2.24, 2.45) is 0 Å². The van der Waals surface area contributed by atoms with Gasteiger partial charge in [-0.1, -0.05) is 6.07 Å². The second-order valence-corrected chi connectivity index (χ2v) is 4.42. The van der Waals surface area contributed by atoms with Gasteiger partial charge >= 0.3 is 0 Å². The van der Waals surface area contributed by atoms with Gasteiger partial charge in [0.1, 0.15) is 11.5 Å². The van der Waals surface area contributed by atoms with Crippen LogP contribution in [-0.4, -0.2) is 40.5 Å². The molecule has 0 atom stereocenters. The smallest absolute Gasteiger partial charge is 0.138 e. The van der Waals surface area contributed by atoms with E-state index in [4.69, 9.17) is 5.73 Å². The van der Waals surface area contributed by atoms with Gasteiger partial charge in [0.2, 0.25) is 0 Å². The third-order valence-corrected chi connectivity index (χ3v) is 3.23. The minimum atomic E-state index is 0.755. The molecule has 1 aliphatic heterocycles. The number of piperazine rings is 1. The third kappa shape index (κ3) is 1.99. The number of hydrogen-bond acceptors (Lipinski definition) is 4. The maximum Gasteiger partial charge on any atom is 0.138 e. The summed E-state index contributed by atoms with van der Waals surface area (Å²) in [5.74, 6) is 0.755. The van der Waals surface area contributed by atoms with Gasteiger partial charge in [0.15, 0.2) is 0 Å². The largest absolute Gasteiger partial charge is 0.385 e. The van der Waals surface area contributed by atoms with Crippen molar-refractivity contribution in [1.82, 2.24) is 19.6 Å². The molecular formula is C12H17N5. The Kier molecular flexibility index (Phi) is 2.70. The molecule has 0 amide bonds. The molecule has 3 heterocycles. The fourth-order valence-corrected chi connectivity index (χ4v) is 2.34. The summed E-state index contributed by atoms with van der Waals surface area (Å²) < 4.78 is 2.03. The molecule has 0 spiro atoms. The molecule has 5 nitrogen and oxygen atoms in total. The molecule has 2 aromatic heterocycles. The molecule has 1 aliphatic rings. The minimum Gasteiger partial charge on any atom is -0.385 e. The van der Waals surface area contributed by atoms with Crippen molar-refractivity contribution in [2.75, 3.05) is 31.9 Å². The van der Waals surface area contributed by atoms with E-state index in [9.17, 15) is 0 Å². The van der Waals surface area contributed by atoms with Crippen LogP contribution in [0.3, 0.4) is 0 Å². The van der Waals surface area contributed by atoms with Crippen LogP contribution < -0.4 is 11.1 Å². The number of rotatable bonds is 2. The average molecular weight is 231 g/mol. The summed E-state index contributed by atoms with van der Waals surface area (Å²) >= 11 is 0. The molecule has 0 aliphatic carbocycles. The summed E-state index contributed by atoms with van der Waals surface area (Å²) in [6.07, 6.45) is 1.92. The van der Waals surface area contributed by atoms with E-state index in [1.807, 2.05) is 28.8 Å². The molecule has 0 radical (unpaired) electrons. The lowest BCUT2D eigenvalue weighted by molar-refractivity contribution is 0.230. The zero-order valence-electron chi connectivity index (χ0n) is 9.76. The van der Waals surface area contributed by atoms with Gasteiger partial charge in [-0.3, -0.25) is 9.30 Å². The Bertz CT molecular complexity index is 513. The molecule has 0 aromatic carbocycles. The van der Waals surface area contributed by atoms with Crippen molar-refractivity contribution in [1.29, 1.82) is 0 Å². The van der Waals surface area contributed by atoms with Crippen molar-refractivity contribution in [3.8, 4) is 0 Å². The number of anilines is 1. The topological polar surface area (TPSA) is 58.6 Å². The number of fused-ring (bicyclic) bond motifs is 1. The molecular weight excluding hydrogens is 214 g/mol. The SMILES string of the molecule is Nc1cccc2ncc(CN3CCNCC3)n12. The molecule has 0 unspecified atom stereocenters. The highest BCUT2D eigenvalue weighted by molar-refractivity contribution is 5.49. The molecule has 3 rings (SSSR count). The lowest BCUT2D eigenvalue weighted by atomic mass is 10.3. The van der Waals surface area contributed by atoms with Crippen molar-refractivity contribution in [3.63, 3.8) is 0 Å². The Morgan fingerprint density at radius 1 is 1.29 bits per heavy atom. The first-order chi connectivity index (χ1) is 8.34. The Balaban J connectivity index is 1.89. The summed E-state index contributed by atoms with van der Waals surface area (Å²) in [4.78, 5) is 6.81. The standard InChI is InChI=1S/C12H17N5/c13-11-2-1-3-12-15-8-10(17(11)12)9-16-6-4-14-5-7-16/h1-3,8,14H,4-7,9,13H2. The highest BCUT2D eigenvalue weighted by Gasteiger charge is 2.13. The van der Waals surface area contributed by atoms with E-state index in [2.05, 4.69) is 15.2 Å². The van der Waals surface area contributed by atoms with Crippen LogP contribution in [0, 0.1) is 0 Å². The summed E-state index contributed by atoms with van der Waals surface area (Å²) in [6.45, 7) is 5.20. The van der Waals surface area contributed by atoms with E-state index < -0.39 is 0 Å². The third-order valence-electron chi connectivity index (χ3n) is 3.23. The summed E-state index contributed by atoms with van der Waals surface area (Å²) in [7, 11) is 0. The Morgan fingerprint density at radius 2 is 2.12 bits per heavy atom. The maximum absolute atomic E-state index is 6.00. The van der Waals surface area contributed by atoms with Gasteiger partial charge in [-0.2, -0.15) is 0 Å². The van der Waals surface area contributed by atoms with E-state index in [1.54, 1.807) is 0 Å². The monoisotopic (exact) mass is 231 g/mol. The molecule has 0 bridgehead atoms. The van der Waals surface area contributed by atoms with Crippen molar-refractivity contribution < 1.29 is 0 Å². The van der Waals surface area contributed by atoms with Gasteiger partial charge in [-0.15, -0.1) is 0 Å². The normalized spacial score (nSPS) is 17.6. The summed E-state index contributed by atoms with van der Waals surface area (Å²) in [5, 5.41) is 3.35. The fourth-order valence-electron chi connectivity index (χ4n) is 2.34. The van der Waals surface area contributed by atoms with Crippen LogP contribution >= 0.6 is 0 Å². The Morgan fingerprint density at radius 3 is 2.94 bits per heavy atom. The quantitative estimate of drug-likeness (QED) is 0.781. The molecule has 1 fully saturated rings. The lowest BCUT2D eigenvalue weighted by Crippen LogP contribution is -2.43. The van der Waals surface area contributed by atoms with Crippen LogP contribution in [-0.2, 0) is 6.54 Å². The predicted molar refractivity (Wildman–Crippen MR) is 67.8 cm³/mol. The first-order valence-electron chi connectivity index (χ1n) is 5.98. The first-order valence-corrected chi connectivity index (χ1v) is 5.98. The fraction of sp³-hybridized carbons (Fsp3) is 0.417. The van der Waals surface area contributed by atoms with E-state index in [0.29, 0.717) is 0 Å². The lowest BCUT2D eigenvalue weighted by Gasteiger charge is -2.26. The number of aromatic nitrogens is 2. The van der Waals surface area contributed by atoms with Crippen LogP contribution in [0.15, 0.2) is 24.4 Å². The van der Waals surface area contributed by atoms with Crippen LogP contribution in [0.1, 0.15) is 5.69 Å². The maximum atomic E-state index is 6.00. The molecule has 90 valence electrons. The summed E-state index contributed by atoms with van der Waals surface area (Å²) in [5.41, 5.74) is 8.09. The second-order valence-electron chi connectivity index (χ2n) is 4.42. The number of pyridine rings is 1. The number of nitrogens with two attached hydrogens (primary N) is 1. The van der Waals surface area contributed by atoms with E-state index in [0.717, 1.165) is 44.2 Å². The van der Waals surface area contributed by atoms with Crippen LogP contribution in [0.25, 0.3) is 5.65 Å². The zero-order valence-corrected chi connectivity index (χ0v) is 9.76. The molecule has 3 N–H and O–H groups in total. The average Bonchev–Trinajstić information content (AvgIpc) is 2.75. The van der Waals surface area contributed by atoms with Crippen LogP contribution in [0.2, 0.25) is 0 Å². The van der Waals surface area contributed by atoms with Gasteiger partial charge in [-0.05, 0) is 12.1 Å². The molecule has 1 saturated heterocycles. The Hall–Kier alpha value is -1.59. The highest BCUT2D eigenvalue weighted by atomic mass is 15.2. The molecule has 0 saturated carbocycles. The molecule has 5 heteroatoms. The van der Waals surface area contributed by atoms with Crippen LogP contribution in [0.5, 0.6) is 0 Å². The van der Waals surface area contributed by atoms with E-state index in [1.165, 1.54) is 5.69 Å².